The summed E-state index contributed by atoms with van der Waals surface area (Å²) in [5.74, 6) is 1.71. The van der Waals surface area contributed by atoms with Gasteiger partial charge in [0.25, 0.3) is 0 Å². The van der Waals surface area contributed by atoms with Crippen LogP contribution in [0.25, 0.3) is 0 Å². The van der Waals surface area contributed by atoms with Gasteiger partial charge in [-0.25, -0.2) is 0 Å². The molecule has 1 atom stereocenters. The molecule has 0 spiro atoms. The molecule has 1 unspecified atom stereocenters. The summed E-state index contributed by atoms with van der Waals surface area (Å²) in [6, 6.07) is 8.48. The third kappa shape index (κ3) is 2.39. The zero-order valence-electron chi connectivity index (χ0n) is 11.2. The van der Waals surface area contributed by atoms with E-state index in [0.29, 0.717) is 11.3 Å². The molecule has 1 heterocycles. The first-order valence-electron chi connectivity index (χ1n) is 7.19. The maximum Gasteiger partial charge on any atom is 0.122 e. The highest BCUT2D eigenvalue weighted by atomic mass is 16.5. The van der Waals surface area contributed by atoms with Gasteiger partial charge in [0.2, 0.25) is 0 Å². The molecule has 18 heavy (non-hydrogen) atoms. The lowest BCUT2D eigenvalue weighted by molar-refractivity contribution is 0.154. The molecule has 0 amide bonds. The molecule has 0 aromatic heterocycles. The average molecular weight is 245 g/mol. The van der Waals surface area contributed by atoms with Crippen LogP contribution in [-0.4, -0.2) is 19.7 Å². The summed E-state index contributed by atoms with van der Waals surface area (Å²) in [5.41, 5.74) is 1.96. The Hall–Kier alpha value is -1.02. The van der Waals surface area contributed by atoms with Crippen LogP contribution in [0, 0.1) is 5.41 Å². The van der Waals surface area contributed by atoms with Crippen molar-refractivity contribution in [3.05, 3.63) is 29.8 Å². The summed E-state index contributed by atoms with van der Waals surface area (Å²) < 4.78 is 5.71. The zero-order chi connectivity index (χ0) is 12.4. The first-order chi connectivity index (χ1) is 8.77. The Morgan fingerprint density at radius 3 is 2.94 bits per heavy atom. The topological polar surface area (TPSA) is 21.3 Å². The van der Waals surface area contributed by atoms with E-state index in [-0.39, 0.29) is 0 Å². The highest BCUT2D eigenvalue weighted by molar-refractivity contribution is 5.37. The second kappa shape index (κ2) is 4.93. The molecule has 0 radical (unpaired) electrons. The van der Waals surface area contributed by atoms with Crippen LogP contribution < -0.4 is 10.1 Å². The molecule has 1 aromatic carbocycles. The van der Waals surface area contributed by atoms with Gasteiger partial charge in [-0.3, -0.25) is 0 Å². The molecule has 1 aliphatic carbocycles. The standard InChI is InChI=1S/C16H23NO/c1-16(8-4-9-16)12-17-11-13-7-10-18-15-6-3-2-5-14(13)15/h2-3,5-6,13,17H,4,7-12H2,1H3. The van der Waals surface area contributed by atoms with Gasteiger partial charge in [0.15, 0.2) is 0 Å². The molecule has 0 bridgehead atoms. The summed E-state index contributed by atoms with van der Waals surface area (Å²) in [4.78, 5) is 0. The maximum absolute atomic E-state index is 5.71. The lowest BCUT2D eigenvalue weighted by Crippen LogP contribution is -2.39. The quantitative estimate of drug-likeness (QED) is 0.878. The van der Waals surface area contributed by atoms with E-state index in [4.69, 9.17) is 4.74 Å². The fraction of sp³-hybridized carbons (Fsp3) is 0.625. The third-order valence-electron chi connectivity index (χ3n) is 4.59. The first-order valence-corrected chi connectivity index (χ1v) is 7.19. The largest absolute Gasteiger partial charge is 0.493 e. The van der Waals surface area contributed by atoms with Crippen LogP contribution in [0.4, 0.5) is 0 Å². The fourth-order valence-electron chi connectivity index (χ4n) is 3.13. The van der Waals surface area contributed by atoms with Crippen LogP contribution in [-0.2, 0) is 0 Å². The van der Waals surface area contributed by atoms with Crippen LogP contribution in [0.15, 0.2) is 24.3 Å². The number of ether oxygens (including phenoxy) is 1. The summed E-state index contributed by atoms with van der Waals surface area (Å²) in [6.45, 7) is 5.53. The van der Waals surface area contributed by atoms with Gasteiger partial charge in [0.1, 0.15) is 5.75 Å². The number of benzene rings is 1. The van der Waals surface area contributed by atoms with E-state index in [0.717, 1.165) is 25.3 Å². The minimum atomic E-state index is 0.574. The minimum absolute atomic E-state index is 0.574. The Morgan fingerprint density at radius 2 is 2.17 bits per heavy atom. The van der Waals surface area contributed by atoms with Gasteiger partial charge in [-0.1, -0.05) is 31.5 Å². The van der Waals surface area contributed by atoms with Crippen LogP contribution in [0.2, 0.25) is 0 Å². The summed E-state index contributed by atoms with van der Waals surface area (Å²) in [7, 11) is 0. The first kappa shape index (κ1) is 12.0. The summed E-state index contributed by atoms with van der Waals surface area (Å²) in [5, 5.41) is 3.68. The van der Waals surface area contributed by atoms with Crippen LogP contribution >= 0.6 is 0 Å². The molecule has 2 nitrogen and oxygen atoms in total. The maximum atomic E-state index is 5.71. The lowest BCUT2D eigenvalue weighted by atomic mass is 9.70. The SMILES string of the molecule is CC1(CNCC2CCOc3ccccc32)CCC1. The Bertz CT molecular complexity index is 411. The monoisotopic (exact) mass is 245 g/mol. The van der Waals surface area contributed by atoms with Crippen LogP contribution in [0.3, 0.4) is 0 Å². The molecule has 1 N–H and O–H groups in total. The van der Waals surface area contributed by atoms with Gasteiger partial charge in [0, 0.05) is 19.0 Å². The van der Waals surface area contributed by atoms with E-state index in [1.807, 2.05) is 0 Å². The zero-order valence-corrected chi connectivity index (χ0v) is 11.2. The molecule has 3 rings (SSSR count). The van der Waals surface area contributed by atoms with Crippen molar-refractivity contribution < 1.29 is 4.74 Å². The molecule has 98 valence electrons. The van der Waals surface area contributed by atoms with Gasteiger partial charge in [-0.05, 0) is 36.3 Å². The molecular weight excluding hydrogens is 222 g/mol. The van der Waals surface area contributed by atoms with E-state index in [1.165, 1.54) is 31.4 Å². The Labute approximate surface area is 110 Å². The Balaban J connectivity index is 1.57. The normalized spacial score (nSPS) is 24.8. The third-order valence-corrected chi connectivity index (χ3v) is 4.59. The van der Waals surface area contributed by atoms with E-state index < -0.39 is 0 Å². The smallest absolute Gasteiger partial charge is 0.122 e. The van der Waals surface area contributed by atoms with Crippen molar-refractivity contribution in [2.24, 2.45) is 5.41 Å². The highest BCUT2D eigenvalue weighted by Crippen LogP contribution is 2.39. The van der Waals surface area contributed by atoms with Gasteiger partial charge in [-0.15, -0.1) is 0 Å². The number of para-hydroxylation sites is 1. The Morgan fingerprint density at radius 1 is 1.33 bits per heavy atom. The number of hydrogen-bond acceptors (Lipinski definition) is 2. The van der Waals surface area contributed by atoms with Gasteiger partial charge in [-0.2, -0.15) is 0 Å². The van der Waals surface area contributed by atoms with Gasteiger partial charge < -0.3 is 10.1 Å². The van der Waals surface area contributed by atoms with Crippen molar-refractivity contribution in [1.29, 1.82) is 0 Å². The van der Waals surface area contributed by atoms with Gasteiger partial charge in [0.05, 0.1) is 6.61 Å². The summed E-state index contributed by atoms with van der Waals surface area (Å²) >= 11 is 0. The molecule has 1 aromatic rings. The molecule has 1 aliphatic heterocycles. The second-order valence-electron chi connectivity index (χ2n) is 6.17. The lowest BCUT2D eigenvalue weighted by Gasteiger charge is -2.39. The van der Waals surface area contributed by atoms with Crippen molar-refractivity contribution in [3.63, 3.8) is 0 Å². The van der Waals surface area contributed by atoms with Crippen LogP contribution in [0.5, 0.6) is 5.75 Å². The van der Waals surface area contributed by atoms with Crippen LogP contribution in [0.1, 0.15) is 44.1 Å². The van der Waals surface area contributed by atoms with Crippen molar-refractivity contribution in [2.75, 3.05) is 19.7 Å². The van der Waals surface area contributed by atoms with Crippen molar-refractivity contribution in [1.82, 2.24) is 5.32 Å². The van der Waals surface area contributed by atoms with E-state index in [9.17, 15) is 0 Å². The van der Waals surface area contributed by atoms with Crippen molar-refractivity contribution >= 4 is 0 Å². The van der Waals surface area contributed by atoms with Crippen molar-refractivity contribution in [2.45, 2.75) is 38.5 Å². The molecule has 0 saturated heterocycles. The molecule has 2 heteroatoms. The average Bonchev–Trinajstić information content (AvgIpc) is 2.37. The molecule has 1 fully saturated rings. The predicted molar refractivity (Wildman–Crippen MR) is 74.1 cm³/mol. The molecule has 1 saturated carbocycles. The predicted octanol–water partition coefficient (Wildman–Crippen LogP) is 3.33. The molecule has 2 aliphatic rings. The van der Waals surface area contributed by atoms with E-state index >= 15 is 0 Å². The number of fused-ring (bicyclic) bond motifs is 1. The van der Waals surface area contributed by atoms with Crippen molar-refractivity contribution in [3.8, 4) is 5.75 Å². The summed E-state index contributed by atoms with van der Waals surface area (Å²) in [6.07, 6.45) is 5.34. The highest BCUT2D eigenvalue weighted by Gasteiger charge is 2.31. The van der Waals surface area contributed by atoms with E-state index in [1.54, 1.807) is 0 Å². The number of rotatable bonds is 4. The Kier molecular flexibility index (Phi) is 3.29. The van der Waals surface area contributed by atoms with Gasteiger partial charge >= 0.3 is 0 Å². The fourth-order valence-corrected chi connectivity index (χ4v) is 3.13. The number of hydrogen-bond donors (Lipinski definition) is 1. The molecular formula is C16H23NO. The second-order valence-corrected chi connectivity index (χ2v) is 6.17. The van der Waals surface area contributed by atoms with E-state index in [2.05, 4.69) is 36.5 Å². The minimum Gasteiger partial charge on any atom is -0.493 e. The number of nitrogens with one attached hydrogen (secondary N) is 1.